The summed E-state index contributed by atoms with van der Waals surface area (Å²) in [6.45, 7) is 8.50. The monoisotopic (exact) mass is 296 g/mol. The first-order valence-electron chi connectivity index (χ1n) is 7.87. The number of amides is 2. The van der Waals surface area contributed by atoms with Crippen LogP contribution in [0.1, 0.15) is 53.4 Å². The number of ether oxygens (including phenoxy) is 1. The summed E-state index contributed by atoms with van der Waals surface area (Å²) in [6.07, 6.45) is 3.18. The Bertz CT molecular complexity index is 431. The van der Waals surface area contributed by atoms with Gasteiger partial charge in [0, 0.05) is 26.1 Å². The van der Waals surface area contributed by atoms with Crippen LogP contribution in [-0.4, -0.2) is 47.6 Å². The fourth-order valence-corrected chi connectivity index (χ4v) is 3.02. The molecule has 0 bridgehead atoms. The Labute approximate surface area is 127 Å². The van der Waals surface area contributed by atoms with E-state index in [4.69, 9.17) is 4.74 Å². The molecule has 1 N–H and O–H groups in total. The minimum Gasteiger partial charge on any atom is -0.379 e. The molecular formula is C16H28N2O3. The molecule has 2 unspecified atom stereocenters. The van der Waals surface area contributed by atoms with Gasteiger partial charge in [-0.25, -0.2) is 0 Å². The molecule has 5 nitrogen and oxygen atoms in total. The summed E-state index contributed by atoms with van der Waals surface area (Å²) < 4.78 is 5.44. The van der Waals surface area contributed by atoms with Crippen LogP contribution in [0, 0.1) is 5.92 Å². The molecular weight excluding hydrogens is 268 g/mol. The van der Waals surface area contributed by atoms with E-state index in [1.807, 2.05) is 32.6 Å². The lowest BCUT2D eigenvalue weighted by Gasteiger charge is -2.36. The highest BCUT2D eigenvalue weighted by Crippen LogP contribution is 2.42. The highest BCUT2D eigenvalue weighted by molar-refractivity contribution is 5.94. The first-order valence-corrected chi connectivity index (χ1v) is 7.87. The van der Waals surface area contributed by atoms with E-state index in [1.54, 1.807) is 7.11 Å². The molecule has 120 valence electrons. The standard InChI is InChI=1S/C16H28N2O3/c1-11-10-13(19)17-16(4,12-6-7-12)14(20)18(11)9-8-15(2,3)21-5/h11-12H,6-10H2,1-5H3,(H,17,19). The van der Waals surface area contributed by atoms with Gasteiger partial charge in [-0.05, 0) is 52.9 Å². The van der Waals surface area contributed by atoms with Crippen LogP contribution in [0.2, 0.25) is 0 Å². The number of hydrogen-bond donors (Lipinski definition) is 1. The third-order valence-electron chi connectivity index (χ3n) is 5.02. The summed E-state index contributed by atoms with van der Waals surface area (Å²) in [5.74, 6) is 0.339. The number of nitrogens with zero attached hydrogens (tertiary/aromatic N) is 1. The van der Waals surface area contributed by atoms with Crippen molar-refractivity contribution >= 4 is 11.8 Å². The largest absolute Gasteiger partial charge is 0.379 e. The second-order valence-corrected chi connectivity index (χ2v) is 7.29. The van der Waals surface area contributed by atoms with Crippen LogP contribution in [0.25, 0.3) is 0 Å². The van der Waals surface area contributed by atoms with E-state index >= 15 is 0 Å². The Balaban J connectivity index is 2.17. The summed E-state index contributed by atoms with van der Waals surface area (Å²) in [7, 11) is 1.69. The molecule has 2 aliphatic rings. The predicted octanol–water partition coefficient (Wildman–Crippen LogP) is 1.71. The van der Waals surface area contributed by atoms with Crippen LogP contribution >= 0.6 is 0 Å². The molecule has 2 rings (SSSR count). The summed E-state index contributed by atoms with van der Waals surface area (Å²) >= 11 is 0. The normalized spacial score (nSPS) is 31.1. The van der Waals surface area contributed by atoms with Gasteiger partial charge in [-0.1, -0.05) is 0 Å². The Hall–Kier alpha value is -1.10. The third kappa shape index (κ3) is 3.39. The van der Waals surface area contributed by atoms with Gasteiger partial charge >= 0.3 is 0 Å². The van der Waals surface area contributed by atoms with Crippen LogP contribution in [-0.2, 0) is 14.3 Å². The van der Waals surface area contributed by atoms with Crippen LogP contribution in [0.5, 0.6) is 0 Å². The lowest BCUT2D eigenvalue weighted by atomic mass is 9.93. The van der Waals surface area contributed by atoms with Crippen molar-refractivity contribution in [3.8, 4) is 0 Å². The highest BCUT2D eigenvalue weighted by Gasteiger charge is 2.52. The van der Waals surface area contributed by atoms with Gasteiger partial charge in [-0.2, -0.15) is 0 Å². The Morgan fingerprint density at radius 2 is 2.00 bits per heavy atom. The van der Waals surface area contributed by atoms with Crippen molar-refractivity contribution in [3.63, 3.8) is 0 Å². The minimum atomic E-state index is -0.723. The molecule has 1 aliphatic heterocycles. The summed E-state index contributed by atoms with van der Waals surface area (Å²) in [4.78, 5) is 26.9. The lowest BCUT2D eigenvalue weighted by Crippen LogP contribution is -2.57. The zero-order valence-electron chi connectivity index (χ0n) is 13.9. The molecule has 0 radical (unpaired) electrons. The van der Waals surface area contributed by atoms with Crippen molar-refractivity contribution < 1.29 is 14.3 Å². The van der Waals surface area contributed by atoms with E-state index in [0.717, 1.165) is 19.3 Å². The number of hydrogen-bond acceptors (Lipinski definition) is 3. The molecule has 2 fully saturated rings. The van der Waals surface area contributed by atoms with Gasteiger partial charge < -0.3 is 15.0 Å². The van der Waals surface area contributed by atoms with Gasteiger partial charge in [0.15, 0.2) is 0 Å². The number of rotatable bonds is 5. The first-order chi connectivity index (χ1) is 9.69. The average Bonchev–Trinajstić information content (AvgIpc) is 3.22. The minimum absolute atomic E-state index is 0.0150. The number of carbonyl (C=O) groups is 2. The van der Waals surface area contributed by atoms with E-state index in [2.05, 4.69) is 5.32 Å². The maximum Gasteiger partial charge on any atom is 0.248 e. The molecule has 0 aromatic rings. The van der Waals surface area contributed by atoms with Crippen LogP contribution in [0.15, 0.2) is 0 Å². The van der Waals surface area contributed by atoms with Crippen molar-refractivity contribution in [1.82, 2.24) is 10.2 Å². The second-order valence-electron chi connectivity index (χ2n) is 7.29. The van der Waals surface area contributed by atoms with Gasteiger partial charge in [0.2, 0.25) is 11.8 Å². The molecule has 2 atom stereocenters. The van der Waals surface area contributed by atoms with Crippen LogP contribution < -0.4 is 5.32 Å². The number of carbonyl (C=O) groups excluding carboxylic acids is 2. The summed E-state index contributed by atoms with van der Waals surface area (Å²) in [5.41, 5.74) is -0.987. The fourth-order valence-electron chi connectivity index (χ4n) is 3.02. The third-order valence-corrected chi connectivity index (χ3v) is 5.02. The summed E-state index contributed by atoms with van der Waals surface area (Å²) in [5, 5.41) is 2.98. The predicted molar refractivity (Wildman–Crippen MR) is 80.8 cm³/mol. The maximum absolute atomic E-state index is 13.0. The smallest absolute Gasteiger partial charge is 0.248 e. The number of methoxy groups -OCH3 is 1. The molecule has 2 amide bonds. The molecule has 21 heavy (non-hydrogen) atoms. The van der Waals surface area contributed by atoms with Crippen LogP contribution in [0.3, 0.4) is 0 Å². The molecule has 1 saturated heterocycles. The van der Waals surface area contributed by atoms with Crippen molar-refractivity contribution in [2.24, 2.45) is 5.92 Å². The maximum atomic E-state index is 13.0. The topological polar surface area (TPSA) is 58.6 Å². The van der Waals surface area contributed by atoms with E-state index in [9.17, 15) is 9.59 Å². The Kier molecular flexibility index (Phi) is 4.34. The van der Waals surface area contributed by atoms with E-state index < -0.39 is 5.54 Å². The molecule has 0 aromatic carbocycles. The van der Waals surface area contributed by atoms with E-state index in [1.165, 1.54) is 0 Å². The first kappa shape index (κ1) is 16.3. The van der Waals surface area contributed by atoms with Crippen LogP contribution in [0.4, 0.5) is 0 Å². The van der Waals surface area contributed by atoms with Gasteiger partial charge in [-0.3, -0.25) is 9.59 Å². The second kappa shape index (κ2) is 5.59. The van der Waals surface area contributed by atoms with Gasteiger partial charge in [-0.15, -0.1) is 0 Å². The van der Waals surface area contributed by atoms with Gasteiger partial charge in [0.05, 0.1) is 5.60 Å². The molecule has 1 saturated carbocycles. The van der Waals surface area contributed by atoms with E-state index in [0.29, 0.717) is 13.0 Å². The Morgan fingerprint density at radius 1 is 1.38 bits per heavy atom. The SMILES string of the molecule is COC(C)(C)CCN1C(=O)C(C)(C2CC2)NC(=O)CC1C. The molecule has 1 aliphatic carbocycles. The van der Waals surface area contributed by atoms with Crippen molar-refractivity contribution in [2.75, 3.05) is 13.7 Å². The van der Waals surface area contributed by atoms with Gasteiger partial charge in [0.25, 0.3) is 0 Å². The quantitative estimate of drug-likeness (QED) is 0.840. The molecule has 0 spiro atoms. The molecule has 5 heteroatoms. The van der Waals surface area contributed by atoms with Gasteiger partial charge in [0.1, 0.15) is 5.54 Å². The van der Waals surface area contributed by atoms with E-state index in [-0.39, 0.29) is 29.4 Å². The highest BCUT2D eigenvalue weighted by atomic mass is 16.5. The average molecular weight is 296 g/mol. The molecule has 1 heterocycles. The van der Waals surface area contributed by atoms with Crippen molar-refractivity contribution in [3.05, 3.63) is 0 Å². The zero-order valence-corrected chi connectivity index (χ0v) is 13.9. The fraction of sp³-hybridized carbons (Fsp3) is 0.875. The van der Waals surface area contributed by atoms with Crippen molar-refractivity contribution in [2.45, 2.75) is 70.6 Å². The zero-order chi connectivity index (χ0) is 15.8. The summed E-state index contributed by atoms with van der Waals surface area (Å²) in [6, 6.07) is -0.0641. The Morgan fingerprint density at radius 3 is 2.52 bits per heavy atom. The lowest BCUT2D eigenvalue weighted by molar-refractivity contribution is -0.141. The van der Waals surface area contributed by atoms with Crippen molar-refractivity contribution in [1.29, 1.82) is 0 Å². The number of nitrogens with one attached hydrogen (secondary N) is 1. The molecule has 0 aromatic heterocycles.